The maximum Gasteiger partial charge on any atom is 0.144 e. The minimum Gasteiger partial charge on any atom is -0.344 e. The maximum atomic E-state index is 13.8. The number of hydrogen-bond acceptors (Lipinski definition) is 2. The molecule has 3 aromatic rings. The van der Waals surface area contributed by atoms with E-state index in [9.17, 15) is 8.78 Å². The normalized spacial score (nSPS) is 15.0. The fourth-order valence-electron chi connectivity index (χ4n) is 3.65. The van der Waals surface area contributed by atoms with Crippen molar-refractivity contribution in [2.24, 2.45) is 0 Å². The lowest BCUT2D eigenvalue weighted by atomic mass is 10.0. The molecule has 1 aliphatic rings. The van der Waals surface area contributed by atoms with Crippen LogP contribution < -0.4 is 0 Å². The molecule has 3 heterocycles. The van der Waals surface area contributed by atoms with Gasteiger partial charge in [0.05, 0.1) is 6.20 Å². The third-order valence-corrected chi connectivity index (χ3v) is 4.87. The molecule has 0 radical (unpaired) electrons. The summed E-state index contributed by atoms with van der Waals surface area (Å²) in [5.41, 5.74) is 4.15. The van der Waals surface area contributed by atoms with Gasteiger partial charge in [-0.2, -0.15) is 0 Å². The lowest BCUT2D eigenvalue weighted by Gasteiger charge is -2.24. The molecule has 2 aromatic heterocycles. The van der Waals surface area contributed by atoms with E-state index < -0.39 is 0 Å². The number of fused-ring (bicyclic) bond motifs is 3. The van der Waals surface area contributed by atoms with Gasteiger partial charge in [-0.05, 0) is 48.9 Å². The molecular weight excluding hydrogens is 308 g/mol. The Balaban J connectivity index is 1.76. The first kappa shape index (κ1) is 15.3. The molecule has 24 heavy (non-hydrogen) atoms. The number of hydrogen-bond donors (Lipinski definition) is 0. The van der Waals surface area contributed by atoms with Crippen molar-refractivity contribution in [2.45, 2.75) is 25.9 Å². The van der Waals surface area contributed by atoms with Gasteiger partial charge in [0, 0.05) is 48.8 Å². The third-order valence-electron chi connectivity index (χ3n) is 4.87. The maximum absolute atomic E-state index is 13.8. The van der Waals surface area contributed by atoms with Crippen LogP contribution in [-0.2, 0) is 25.9 Å². The topological polar surface area (TPSA) is 21.1 Å². The Morgan fingerprint density at radius 3 is 2.92 bits per heavy atom. The van der Waals surface area contributed by atoms with E-state index in [1.807, 2.05) is 6.07 Å². The predicted molar refractivity (Wildman–Crippen MR) is 89.8 cm³/mol. The average Bonchev–Trinajstić information content (AvgIpc) is 2.87. The Morgan fingerprint density at radius 1 is 1.21 bits per heavy atom. The number of aryl methyl sites for hydroxylation is 2. The minimum atomic E-state index is -0.270. The molecule has 0 atom stereocenters. The van der Waals surface area contributed by atoms with E-state index in [0.29, 0.717) is 18.5 Å². The molecule has 0 bridgehead atoms. The van der Waals surface area contributed by atoms with Crippen LogP contribution in [0.1, 0.15) is 16.8 Å². The number of aromatic nitrogens is 2. The summed E-state index contributed by atoms with van der Waals surface area (Å²) in [6, 6.07) is 6.69. The van der Waals surface area contributed by atoms with Crippen LogP contribution >= 0.6 is 0 Å². The van der Waals surface area contributed by atoms with Crippen molar-refractivity contribution in [1.82, 2.24) is 14.5 Å². The van der Waals surface area contributed by atoms with Gasteiger partial charge in [-0.25, -0.2) is 8.78 Å². The monoisotopic (exact) mass is 327 g/mol. The smallest absolute Gasteiger partial charge is 0.144 e. The van der Waals surface area contributed by atoms with Crippen molar-refractivity contribution in [1.29, 1.82) is 0 Å². The summed E-state index contributed by atoms with van der Waals surface area (Å²) in [6.07, 6.45) is 4.40. The molecular formula is C19H19F2N3. The first-order valence-electron chi connectivity index (χ1n) is 8.20. The van der Waals surface area contributed by atoms with Crippen molar-refractivity contribution in [2.75, 3.05) is 13.6 Å². The molecule has 0 saturated carbocycles. The number of likely N-dealkylation sites (N-methyl/N-ethyl adjacent to an activating group) is 1. The molecule has 0 N–H and O–H groups in total. The largest absolute Gasteiger partial charge is 0.344 e. The van der Waals surface area contributed by atoms with Crippen molar-refractivity contribution in [3.63, 3.8) is 0 Å². The zero-order chi connectivity index (χ0) is 16.7. The first-order chi connectivity index (χ1) is 11.6. The SMILES string of the molecule is CN1CCc2c(c3cc(F)ccc3n2CCc2ccncc2F)C1. The van der Waals surface area contributed by atoms with Crippen LogP contribution in [0.15, 0.2) is 36.7 Å². The van der Waals surface area contributed by atoms with Gasteiger partial charge in [0.1, 0.15) is 11.6 Å². The molecule has 1 aliphatic heterocycles. The molecule has 5 heteroatoms. The summed E-state index contributed by atoms with van der Waals surface area (Å²) in [5, 5.41) is 0.978. The molecule has 0 spiro atoms. The van der Waals surface area contributed by atoms with Crippen LogP contribution in [0.5, 0.6) is 0 Å². The summed E-state index contributed by atoms with van der Waals surface area (Å²) >= 11 is 0. The van der Waals surface area contributed by atoms with Gasteiger partial charge in [-0.15, -0.1) is 0 Å². The Labute approximate surface area is 139 Å². The van der Waals surface area contributed by atoms with Crippen LogP contribution in [-0.4, -0.2) is 28.0 Å². The number of rotatable bonds is 3. The second-order valence-corrected chi connectivity index (χ2v) is 6.44. The van der Waals surface area contributed by atoms with Crippen molar-refractivity contribution < 1.29 is 8.78 Å². The van der Waals surface area contributed by atoms with Gasteiger partial charge in [0.25, 0.3) is 0 Å². The van der Waals surface area contributed by atoms with Crippen LogP contribution in [0.3, 0.4) is 0 Å². The quantitative estimate of drug-likeness (QED) is 0.734. The van der Waals surface area contributed by atoms with E-state index in [-0.39, 0.29) is 11.6 Å². The van der Waals surface area contributed by atoms with Crippen molar-refractivity contribution >= 4 is 10.9 Å². The van der Waals surface area contributed by atoms with Gasteiger partial charge in [0.15, 0.2) is 0 Å². The lowest BCUT2D eigenvalue weighted by molar-refractivity contribution is 0.309. The molecule has 0 aliphatic carbocycles. The van der Waals surface area contributed by atoms with Crippen LogP contribution in [0.2, 0.25) is 0 Å². The minimum absolute atomic E-state index is 0.212. The van der Waals surface area contributed by atoms with Gasteiger partial charge < -0.3 is 9.47 Å². The highest BCUT2D eigenvalue weighted by Crippen LogP contribution is 2.31. The predicted octanol–water partition coefficient (Wildman–Crippen LogP) is 3.55. The molecule has 4 rings (SSSR count). The van der Waals surface area contributed by atoms with E-state index in [1.54, 1.807) is 18.3 Å². The Kier molecular flexibility index (Phi) is 3.81. The van der Waals surface area contributed by atoms with Crippen LogP contribution in [0.4, 0.5) is 8.78 Å². The van der Waals surface area contributed by atoms with E-state index in [2.05, 4.69) is 21.5 Å². The van der Waals surface area contributed by atoms with Gasteiger partial charge in [-0.1, -0.05) is 0 Å². The molecule has 0 fully saturated rings. The van der Waals surface area contributed by atoms with Crippen LogP contribution in [0.25, 0.3) is 10.9 Å². The summed E-state index contributed by atoms with van der Waals surface area (Å²) in [4.78, 5) is 6.05. The second kappa shape index (κ2) is 5.98. The number of halogens is 2. The van der Waals surface area contributed by atoms with E-state index in [1.165, 1.54) is 23.5 Å². The Bertz CT molecular complexity index is 901. The van der Waals surface area contributed by atoms with Crippen molar-refractivity contribution in [3.8, 4) is 0 Å². The fourth-order valence-corrected chi connectivity index (χ4v) is 3.65. The molecule has 0 saturated heterocycles. The summed E-state index contributed by atoms with van der Waals surface area (Å²) in [7, 11) is 2.08. The number of nitrogens with zero attached hydrogens (tertiary/aromatic N) is 3. The van der Waals surface area contributed by atoms with Gasteiger partial charge in [-0.3, -0.25) is 4.98 Å². The number of benzene rings is 1. The highest BCUT2D eigenvalue weighted by molar-refractivity contribution is 5.86. The highest BCUT2D eigenvalue weighted by Gasteiger charge is 2.22. The van der Waals surface area contributed by atoms with E-state index in [0.717, 1.165) is 30.4 Å². The van der Waals surface area contributed by atoms with Crippen LogP contribution in [0, 0.1) is 11.6 Å². The van der Waals surface area contributed by atoms with Gasteiger partial charge in [0.2, 0.25) is 0 Å². The molecule has 124 valence electrons. The first-order valence-corrected chi connectivity index (χ1v) is 8.20. The van der Waals surface area contributed by atoms with E-state index in [4.69, 9.17) is 0 Å². The Morgan fingerprint density at radius 2 is 2.08 bits per heavy atom. The van der Waals surface area contributed by atoms with Gasteiger partial charge >= 0.3 is 0 Å². The summed E-state index contributed by atoms with van der Waals surface area (Å²) in [5.74, 6) is -0.482. The zero-order valence-corrected chi connectivity index (χ0v) is 13.6. The summed E-state index contributed by atoms with van der Waals surface area (Å²) in [6.45, 7) is 2.49. The molecule has 1 aromatic carbocycles. The second-order valence-electron chi connectivity index (χ2n) is 6.44. The van der Waals surface area contributed by atoms with Crippen molar-refractivity contribution in [3.05, 3.63) is 65.1 Å². The summed E-state index contributed by atoms with van der Waals surface area (Å²) < 4.78 is 29.8. The average molecular weight is 327 g/mol. The standard InChI is InChI=1S/C19H19F2N3/c1-23-8-6-19-16(12-23)15-10-14(20)2-3-18(15)24(19)9-5-13-4-7-22-11-17(13)21/h2-4,7,10-11H,5-6,8-9,12H2,1H3. The Hall–Kier alpha value is -2.27. The fraction of sp³-hybridized carbons (Fsp3) is 0.316. The highest BCUT2D eigenvalue weighted by atomic mass is 19.1. The zero-order valence-electron chi connectivity index (χ0n) is 13.6. The molecule has 0 amide bonds. The molecule has 3 nitrogen and oxygen atoms in total. The number of pyridine rings is 1. The lowest BCUT2D eigenvalue weighted by Crippen LogP contribution is -2.27. The third kappa shape index (κ3) is 2.59. The van der Waals surface area contributed by atoms with E-state index >= 15 is 0 Å². The molecule has 0 unspecified atom stereocenters.